The van der Waals surface area contributed by atoms with E-state index in [1.807, 2.05) is 36.4 Å². The first-order valence-corrected chi connectivity index (χ1v) is 7.33. The van der Waals surface area contributed by atoms with Crippen LogP contribution in [-0.4, -0.2) is 16.0 Å². The second-order valence-corrected chi connectivity index (χ2v) is 5.36. The molecule has 0 heterocycles. The van der Waals surface area contributed by atoms with Crippen LogP contribution < -0.4 is 0 Å². The van der Waals surface area contributed by atoms with Crippen molar-refractivity contribution in [2.24, 2.45) is 0 Å². The summed E-state index contributed by atoms with van der Waals surface area (Å²) >= 11 is 0. The third-order valence-corrected chi connectivity index (χ3v) is 3.68. The first-order valence-electron chi connectivity index (χ1n) is 7.33. The molecule has 0 aliphatic heterocycles. The van der Waals surface area contributed by atoms with Gasteiger partial charge < -0.3 is 10.2 Å². The molecule has 3 rings (SSSR count). The highest BCUT2D eigenvalue weighted by Crippen LogP contribution is 2.31. The standard InChI is InChI=1S/C20H16O3/c21-17-12-16(11-14-7-3-1-4-8-14)19(18(22)13-17)20(23)15-9-5-2-6-10-15/h1-10,12-13,21-22H,11H2. The summed E-state index contributed by atoms with van der Waals surface area (Å²) < 4.78 is 0. The van der Waals surface area contributed by atoms with Crippen LogP contribution in [0.25, 0.3) is 0 Å². The van der Waals surface area contributed by atoms with E-state index in [2.05, 4.69) is 0 Å². The predicted molar refractivity (Wildman–Crippen MR) is 88.9 cm³/mol. The minimum Gasteiger partial charge on any atom is -0.508 e. The van der Waals surface area contributed by atoms with Crippen LogP contribution in [0.4, 0.5) is 0 Å². The number of phenolic OH excluding ortho intramolecular Hbond substituents is 2. The summed E-state index contributed by atoms with van der Waals surface area (Å²) in [5, 5.41) is 20.0. The Bertz CT molecular complexity index is 824. The molecule has 0 amide bonds. The van der Waals surface area contributed by atoms with E-state index in [-0.39, 0.29) is 22.8 Å². The van der Waals surface area contributed by atoms with Crippen molar-refractivity contribution in [1.29, 1.82) is 0 Å². The van der Waals surface area contributed by atoms with Gasteiger partial charge in [-0.05, 0) is 23.6 Å². The Balaban J connectivity index is 2.07. The number of hydrogen-bond donors (Lipinski definition) is 2. The van der Waals surface area contributed by atoms with E-state index >= 15 is 0 Å². The Morgan fingerprint density at radius 2 is 1.43 bits per heavy atom. The Kier molecular flexibility index (Phi) is 4.11. The Labute approximate surface area is 134 Å². The molecule has 0 aliphatic carbocycles. The lowest BCUT2D eigenvalue weighted by molar-refractivity contribution is 0.103. The van der Waals surface area contributed by atoms with Gasteiger partial charge in [-0.25, -0.2) is 0 Å². The van der Waals surface area contributed by atoms with Gasteiger partial charge in [-0.1, -0.05) is 60.7 Å². The summed E-state index contributed by atoms with van der Waals surface area (Å²) in [6.45, 7) is 0. The zero-order valence-electron chi connectivity index (χ0n) is 12.4. The molecule has 0 atom stereocenters. The van der Waals surface area contributed by atoms with Crippen molar-refractivity contribution < 1.29 is 15.0 Å². The molecule has 0 unspecified atom stereocenters. The summed E-state index contributed by atoms with van der Waals surface area (Å²) in [5.41, 5.74) is 2.34. The van der Waals surface area contributed by atoms with Gasteiger partial charge in [-0.3, -0.25) is 4.79 Å². The Morgan fingerprint density at radius 3 is 2.09 bits per heavy atom. The predicted octanol–water partition coefficient (Wildman–Crippen LogP) is 3.92. The molecule has 3 aromatic carbocycles. The zero-order chi connectivity index (χ0) is 16.2. The fourth-order valence-electron chi connectivity index (χ4n) is 2.62. The van der Waals surface area contributed by atoms with Crippen LogP contribution in [0.1, 0.15) is 27.0 Å². The van der Waals surface area contributed by atoms with Gasteiger partial charge in [-0.15, -0.1) is 0 Å². The lowest BCUT2D eigenvalue weighted by Gasteiger charge is -2.12. The Morgan fingerprint density at radius 1 is 0.826 bits per heavy atom. The van der Waals surface area contributed by atoms with Crippen molar-refractivity contribution in [3.8, 4) is 11.5 Å². The van der Waals surface area contributed by atoms with E-state index in [0.717, 1.165) is 5.56 Å². The Hall–Kier alpha value is -3.07. The van der Waals surface area contributed by atoms with Crippen molar-refractivity contribution in [2.45, 2.75) is 6.42 Å². The number of aromatic hydroxyl groups is 2. The molecule has 0 saturated heterocycles. The normalized spacial score (nSPS) is 10.4. The molecule has 2 N–H and O–H groups in total. The molecule has 0 aromatic heterocycles. The van der Waals surface area contributed by atoms with Crippen LogP contribution in [-0.2, 0) is 6.42 Å². The molecule has 0 aliphatic rings. The monoisotopic (exact) mass is 304 g/mol. The molecule has 114 valence electrons. The van der Waals surface area contributed by atoms with E-state index in [4.69, 9.17) is 0 Å². The molecule has 3 aromatic rings. The van der Waals surface area contributed by atoms with Crippen LogP contribution in [0.3, 0.4) is 0 Å². The van der Waals surface area contributed by atoms with Crippen LogP contribution in [0.2, 0.25) is 0 Å². The van der Waals surface area contributed by atoms with E-state index in [0.29, 0.717) is 17.5 Å². The van der Waals surface area contributed by atoms with Crippen LogP contribution in [0.5, 0.6) is 11.5 Å². The maximum Gasteiger partial charge on any atom is 0.197 e. The first-order chi connectivity index (χ1) is 11.1. The summed E-state index contributed by atoms with van der Waals surface area (Å²) in [6, 6.07) is 21.2. The minimum absolute atomic E-state index is 0.0574. The highest BCUT2D eigenvalue weighted by molar-refractivity contribution is 6.11. The second-order valence-electron chi connectivity index (χ2n) is 5.36. The van der Waals surface area contributed by atoms with Crippen molar-refractivity contribution >= 4 is 5.78 Å². The molecule has 0 radical (unpaired) electrons. The van der Waals surface area contributed by atoms with E-state index in [9.17, 15) is 15.0 Å². The van der Waals surface area contributed by atoms with Gasteiger partial charge in [0.25, 0.3) is 0 Å². The van der Waals surface area contributed by atoms with Crippen LogP contribution >= 0.6 is 0 Å². The lowest BCUT2D eigenvalue weighted by Crippen LogP contribution is -2.06. The summed E-state index contributed by atoms with van der Waals surface area (Å²) in [7, 11) is 0. The summed E-state index contributed by atoms with van der Waals surface area (Å²) in [6.07, 6.45) is 0.455. The topological polar surface area (TPSA) is 57.5 Å². The van der Waals surface area contributed by atoms with Gasteiger partial charge in [-0.2, -0.15) is 0 Å². The molecule has 0 spiro atoms. The third kappa shape index (κ3) is 3.24. The average molecular weight is 304 g/mol. The van der Waals surface area contributed by atoms with E-state index < -0.39 is 0 Å². The SMILES string of the molecule is O=C(c1ccccc1)c1c(O)cc(O)cc1Cc1ccccc1. The maximum absolute atomic E-state index is 12.7. The van der Waals surface area contributed by atoms with Gasteiger partial charge in [0, 0.05) is 11.6 Å². The number of hydrogen-bond acceptors (Lipinski definition) is 3. The largest absolute Gasteiger partial charge is 0.508 e. The number of ketones is 1. The van der Waals surface area contributed by atoms with E-state index in [1.165, 1.54) is 12.1 Å². The number of carbonyl (C=O) groups excluding carboxylic acids is 1. The van der Waals surface area contributed by atoms with Gasteiger partial charge in [0.05, 0.1) is 5.56 Å². The smallest absolute Gasteiger partial charge is 0.197 e. The average Bonchev–Trinajstić information content (AvgIpc) is 2.56. The molecule has 0 saturated carbocycles. The zero-order valence-corrected chi connectivity index (χ0v) is 12.4. The summed E-state index contributed by atoms with van der Waals surface area (Å²) in [5.74, 6) is -0.517. The molecule has 0 bridgehead atoms. The van der Waals surface area contributed by atoms with Gasteiger partial charge in [0.15, 0.2) is 5.78 Å². The maximum atomic E-state index is 12.7. The molecular weight excluding hydrogens is 288 g/mol. The summed E-state index contributed by atoms with van der Waals surface area (Å²) in [4.78, 5) is 12.7. The molecule has 3 heteroatoms. The highest BCUT2D eigenvalue weighted by Gasteiger charge is 2.19. The number of phenols is 2. The quantitative estimate of drug-likeness (QED) is 0.718. The fourth-order valence-corrected chi connectivity index (χ4v) is 2.62. The lowest BCUT2D eigenvalue weighted by atomic mass is 9.93. The number of carbonyl (C=O) groups is 1. The highest BCUT2D eigenvalue weighted by atomic mass is 16.3. The fraction of sp³-hybridized carbons (Fsp3) is 0.0500. The molecular formula is C20H16O3. The van der Waals surface area contributed by atoms with E-state index in [1.54, 1.807) is 24.3 Å². The van der Waals surface area contributed by atoms with Crippen LogP contribution in [0.15, 0.2) is 72.8 Å². The van der Waals surface area contributed by atoms with Crippen molar-refractivity contribution in [3.63, 3.8) is 0 Å². The van der Waals surface area contributed by atoms with Gasteiger partial charge >= 0.3 is 0 Å². The minimum atomic E-state index is -0.256. The third-order valence-electron chi connectivity index (χ3n) is 3.68. The van der Waals surface area contributed by atoms with Gasteiger partial charge in [0.2, 0.25) is 0 Å². The van der Waals surface area contributed by atoms with Crippen molar-refractivity contribution in [3.05, 3.63) is 95.1 Å². The molecule has 3 nitrogen and oxygen atoms in total. The van der Waals surface area contributed by atoms with Gasteiger partial charge in [0.1, 0.15) is 11.5 Å². The second kappa shape index (κ2) is 6.36. The van der Waals surface area contributed by atoms with Crippen LogP contribution in [0, 0.1) is 0 Å². The molecule has 23 heavy (non-hydrogen) atoms. The number of benzene rings is 3. The first kappa shape index (κ1) is 14.9. The van der Waals surface area contributed by atoms with Crippen molar-refractivity contribution in [2.75, 3.05) is 0 Å². The molecule has 0 fully saturated rings. The number of rotatable bonds is 4. The van der Waals surface area contributed by atoms with Crippen molar-refractivity contribution in [1.82, 2.24) is 0 Å².